The van der Waals surface area contributed by atoms with Gasteiger partial charge < -0.3 is 10.6 Å². The van der Waals surface area contributed by atoms with Crippen LogP contribution in [0.4, 0.5) is 0 Å². The summed E-state index contributed by atoms with van der Waals surface area (Å²) in [4.78, 5) is 12.3. The predicted molar refractivity (Wildman–Crippen MR) is 62.9 cm³/mol. The zero-order chi connectivity index (χ0) is 10.6. The standard InChI is InChI=1S/C9H13BrN2OS/c1-6(11-2)5-12-9(13)8-7(10)3-4-14-8/h3-4,6,11H,5H2,1-2H3,(H,12,13). The van der Waals surface area contributed by atoms with Crippen molar-refractivity contribution in [3.05, 3.63) is 20.8 Å². The molecule has 1 unspecified atom stereocenters. The highest BCUT2D eigenvalue weighted by atomic mass is 79.9. The van der Waals surface area contributed by atoms with E-state index >= 15 is 0 Å². The van der Waals surface area contributed by atoms with Crippen LogP contribution in [0.1, 0.15) is 16.6 Å². The van der Waals surface area contributed by atoms with Gasteiger partial charge in [0.15, 0.2) is 0 Å². The van der Waals surface area contributed by atoms with Gasteiger partial charge in [0, 0.05) is 17.1 Å². The maximum Gasteiger partial charge on any atom is 0.262 e. The maximum absolute atomic E-state index is 11.6. The van der Waals surface area contributed by atoms with Crippen molar-refractivity contribution < 1.29 is 4.79 Å². The lowest BCUT2D eigenvalue weighted by Crippen LogP contribution is -2.36. The fourth-order valence-electron chi connectivity index (χ4n) is 0.884. The maximum atomic E-state index is 11.6. The van der Waals surface area contributed by atoms with Gasteiger partial charge in [-0.05, 0) is 41.3 Å². The smallest absolute Gasteiger partial charge is 0.262 e. The molecule has 1 heterocycles. The van der Waals surface area contributed by atoms with Crippen LogP contribution in [0, 0.1) is 0 Å². The summed E-state index contributed by atoms with van der Waals surface area (Å²) in [6.07, 6.45) is 0. The van der Waals surface area contributed by atoms with Crippen LogP contribution in [0.25, 0.3) is 0 Å². The first-order chi connectivity index (χ1) is 6.65. The molecular weight excluding hydrogens is 264 g/mol. The third-order valence-corrected chi connectivity index (χ3v) is 3.72. The van der Waals surface area contributed by atoms with Crippen molar-refractivity contribution in [2.45, 2.75) is 13.0 Å². The molecule has 0 aliphatic heterocycles. The molecule has 1 aromatic heterocycles. The summed E-state index contributed by atoms with van der Waals surface area (Å²) in [5.74, 6) is -0.0195. The van der Waals surface area contributed by atoms with Crippen LogP contribution >= 0.6 is 27.3 Å². The Labute approximate surface area is 96.0 Å². The van der Waals surface area contributed by atoms with E-state index in [4.69, 9.17) is 0 Å². The van der Waals surface area contributed by atoms with Crippen molar-refractivity contribution in [1.29, 1.82) is 0 Å². The monoisotopic (exact) mass is 276 g/mol. The summed E-state index contributed by atoms with van der Waals surface area (Å²) in [7, 11) is 1.87. The molecule has 1 atom stereocenters. The molecule has 0 saturated carbocycles. The van der Waals surface area contributed by atoms with Crippen molar-refractivity contribution in [2.75, 3.05) is 13.6 Å². The Morgan fingerprint density at radius 3 is 2.93 bits per heavy atom. The van der Waals surface area contributed by atoms with Crippen molar-refractivity contribution in [2.24, 2.45) is 0 Å². The first kappa shape index (κ1) is 11.7. The zero-order valence-electron chi connectivity index (χ0n) is 8.13. The number of halogens is 1. The van der Waals surface area contributed by atoms with E-state index < -0.39 is 0 Å². The Morgan fingerprint density at radius 2 is 2.43 bits per heavy atom. The second-order valence-corrected chi connectivity index (χ2v) is 4.77. The summed E-state index contributed by atoms with van der Waals surface area (Å²) in [5.41, 5.74) is 0. The Balaban J connectivity index is 2.47. The van der Waals surface area contributed by atoms with E-state index in [-0.39, 0.29) is 11.9 Å². The van der Waals surface area contributed by atoms with E-state index in [0.717, 1.165) is 9.35 Å². The second kappa shape index (κ2) is 5.48. The molecule has 14 heavy (non-hydrogen) atoms. The molecule has 0 aliphatic carbocycles. The first-order valence-electron chi connectivity index (χ1n) is 4.33. The van der Waals surface area contributed by atoms with E-state index in [1.54, 1.807) is 0 Å². The van der Waals surface area contributed by atoms with Gasteiger partial charge in [-0.15, -0.1) is 11.3 Å². The minimum atomic E-state index is -0.0195. The SMILES string of the molecule is CNC(C)CNC(=O)c1sccc1Br. The number of hydrogen-bond donors (Lipinski definition) is 2. The number of nitrogens with one attached hydrogen (secondary N) is 2. The van der Waals surface area contributed by atoms with Gasteiger partial charge in [0.25, 0.3) is 5.91 Å². The fourth-order valence-corrected chi connectivity index (χ4v) is 2.35. The molecule has 0 aromatic carbocycles. The van der Waals surface area contributed by atoms with E-state index in [1.165, 1.54) is 11.3 Å². The number of carbonyl (C=O) groups excluding carboxylic acids is 1. The molecule has 0 radical (unpaired) electrons. The molecule has 78 valence electrons. The van der Waals surface area contributed by atoms with Gasteiger partial charge in [0.2, 0.25) is 0 Å². The van der Waals surface area contributed by atoms with Gasteiger partial charge in [-0.1, -0.05) is 0 Å². The zero-order valence-corrected chi connectivity index (χ0v) is 10.5. The van der Waals surface area contributed by atoms with E-state index in [1.807, 2.05) is 25.4 Å². The van der Waals surface area contributed by atoms with Crippen molar-refractivity contribution in [3.8, 4) is 0 Å². The highest BCUT2D eigenvalue weighted by Gasteiger charge is 2.11. The number of likely N-dealkylation sites (N-methyl/N-ethyl adjacent to an activating group) is 1. The molecule has 0 fully saturated rings. The molecule has 1 rings (SSSR count). The van der Waals surface area contributed by atoms with Crippen molar-refractivity contribution in [1.82, 2.24) is 10.6 Å². The molecule has 0 saturated heterocycles. The average molecular weight is 277 g/mol. The number of amides is 1. The van der Waals surface area contributed by atoms with Crippen molar-refractivity contribution >= 4 is 33.2 Å². The Kier molecular flexibility index (Phi) is 4.57. The number of thiophene rings is 1. The lowest BCUT2D eigenvalue weighted by Gasteiger charge is -2.10. The van der Waals surface area contributed by atoms with Gasteiger partial charge in [0.1, 0.15) is 4.88 Å². The minimum absolute atomic E-state index is 0.0195. The molecule has 0 spiro atoms. The van der Waals surface area contributed by atoms with E-state index in [2.05, 4.69) is 26.6 Å². The summed E-state index contributed by atoms with van der Waals surface area (Å²) in [6.45, 7) is 2.66. The highest BCUT2D eigenvalue weighted by molar-refractivity contribution is 9.10. The van der Waals surface area contributed by atoms with Gasteiger partial charge in [-0.2, -0.15) is 0 Å². The number of carbonyl (C=O) groups is 1. The molecule has 5 heteroatoms. The normalized spacial score (nSPS) is 12.5. The predicted octanol–water partition coefficient (Wildman–Crippen LogP) is 1.85. The molecule has 2 N–H and O–H groups in total. The largest absolute Gasteiger partial charge is 0.350 e. The number of hydrogen-bond acceptors (Lipinski definition) is 3. The molecule has 0 aliphatic rings. The van der Waals surface area contributed by atoms with Gasteiger partial charge in [-0.25, -0.2) is 0 Å². The van der Waals surface area contributed by atoms with Gasteiger partial charge in [0.05, 0.1) is 0 Å². The third kappa shape index (κ3) is 3.08. The summed E-state index contributed by atoms with van der Waals surface area (Å²) >= 11 is 4.76. The van der Waals surface area contributed by atoms with Crippen LogP contribution < -0.4 is 10.6 Å². The highest BCUT2D eigenvalue weighted by Crippen LogP contribution is 2.22. The summed E-state index contributed by atoms with van der Waals surface area (Å²) in [5, 5.41) is 7.80. The lowest BCUT2D eigenvalue weighted by atomic mass is 10.3. The number of rotatable bonds is 4. The summed E-state index contributed by atoms with van der Waals surface area (Å²) in [6, 6.07) is 2.17. The van der Waals surface area contributed by atoms with Crippen LogP contribution in [-0.2, 0) is 0 Å². The molecule has 1 aromatic rings. The Morgan fingerprint density at radius 1 is 1.71 bits per heavy atom. The fraction of sp³-hybridized carbons (Fsp3) is 0.444. The topological polar surface area (TPSA) is 41.1 Å². The average Bonchev–Trinajstić information content (AvgIpc) is 2.60. The molecule has 1 amide bonds. The second-order valence-electron chi connectivity index (χ2n) is 3.00. The quantitative estimate of drug-likeness (QED) is 0.881. The molecular formula is C9H13BrN2OS. The Hall–Kier alpha value is -0.390. The van der Waals surface area contributed by atoms with Crippen molar-refractivity contribution in [3.63, 3.8) is 0 Å². The van der Waals surface area contributed by atoms with Gasteiger partial charge >= 0.3 is 0 Å². The Bertz CT molecular complexity index is 314. The first-order valence-corrected chi connectivity index (χ1v) is 6.01. The van der Waals surface area contributed by atoms with Gasteiger partial charge in [-0.3, -0.25) is 4.79 Å². The van der Waals surface area contributed by atoms with Crippen LogP contribution in [-0.4, -0.2) is 25.5 Å². The van der Waals surface area contributed by atoms with Crippen LogP contribution in [0.15, 0.2) is 15.9 Å². The van der Waals surface area contributed by atoms with E-state index in [0.29, 0.717) is 6.54 Å². The van der Waals surface area contributed by atoms with Crippen LogP contribution in [0.3, 0.4) is 0 Å². The van der Waals surface area contributed by atoms with Crippen LogP contribution in [0.5, 0.6) is 0 Å². The van der Waals surface area contributed by atoms with E-state index in [9.17, 15) is 4.79 Å². The lowest BCUT2D eigenvalue weighted by molar-refractivity contribution is 0.0954. The molecule has 0 bridgehead atoms. The minimum Gasteiger partial charge on any atom is -0.350 e. The third-order valence-electron chi connectivity index (χ3n) is 1.89. The summed E-state index contributed by atoms with van der Waals surface area (Å²) < 4.78 is 0.858. The molecule has 3 nitrogen and oxygen atoms in total. The van der Waals surface area contributed by atoms with Crippen LogP contribution in [0.2, 0.25) is 0 Å².